The lowest BCUT2D eigenvalue weighted by Gasteiger charge is -2.27. The number of likely N-dealkylation sites (tertiary alicyclic amines) is 1. The van der Waals surface area contributed by atoms with E-state index in [0.29, 0.717) is 34.4 Å². The maximum absolute atomic E-state index is 13.3. The molecule has 34 heavy (non-hydrogen) atoms. The highest BCUT2D eigenvalue weighted by atomic mass is 35.5. The predicted octanol–water partition coefficient (Wildman–Crippen LogP) is 5.75. The van der Waals surface area contributed by atoms with E-state index in [1.807, 2.05) is 24.3 Å². The fraction of sp³-hybridized carbons (Fsp3) is 0.308. The molecule has 0 aliphatic carbocycles. The quantitative estimate of drug-likeness (QED) is 0.456. The number of anilines is 1. The van der Waals surface area contributed by atoms with Gasteiger partial charge in [0.1, 0.15) is 0 Å². The van der Waals surface area contributed by atoms with Crippen molar-refractivity contribution in [2.45, 2.75) is 19.3 Å². The minimum Gasteiger partial charge on any atom is -0.351 e. The van der Waals surface area contributed by atoms with E-state index >= 15 is 0 Å². The SMILES string of the molecule is O=C(NCCN1CCCC1)c1ccc(N2CCc3cc(-c4ccc(Cl)cc4)sc3C2=O)cc1Cl. The molecule has 0 spiro atoms. The van der Waals surface area contributed by atoms with E-state index in [9.17, 15) is 9.59 Å². The molecule has 5 rings (SSSR count). The van der Waals surface area contributed by atoms with Gasteiger partial charge in [-0.05, 0) is 79.9 Å². The van der Waals surface area contributed by atoms with E-state index in [0.717, 1.165) is 46.9 Å². The van der Waals surface area contributed by atoms with Gasteiger partial charge in [-0.1, -0.05) is 35.3 Å². The Balaban J connectivity index is 1.28. The number of hydrogen-bond acceptors (Lipinski definition) is 4. The zero-order valence-corrected chi connectivity index (χ0v) is 21.0. The van der Waals surface area contributed by atoms with Crippen LogP contribution in [0, 0.1) is 0 Å². The van der Waals surface area contributed by atoms with E-state index < -0.39 is 0 Å². The smallest absolute Gasteiger partial charge is 0.268 e. The predicted molar refractivity (Wildman–Crippen MR) is 140 cm³/mol. The van der Waals surface area contributed by atoms with Crippen molar-refractivity contribution >= 4 is 52.0 Å². The molecule has 0 bridgehead atoms. The van der Waals surface area contributed by atoms with Crippen molar-refractivity contribution in [1.29, 1.82) is 0 Å². The summed E-state index contributed by atoms with van der Waals surface area (Å²) in [5.41, 5.74) is 3.25. The summed E-state index contributed by atoms with van der Waals surface area (Å²) in [4.78, 5) is 31.8. The normalized spacial score (nSPS) is 16.1. The lowest BCUT2D eigenvalue weighted by molar-refractivity contribution is 0.0948. The summed E-state index contributed by atoms with van der Waals surface area (Å²) in [6.45, 7) is 4.22. The molecular formula is C26H25Cl2N3O2S. The largest absolute Gasteiger partial charge is 0.351 e. The van der Waals surface area contributed by atoms with Crippen molar-refractivity contribution < 1.29 is 9.59 Å². The van der Waals surface area contributed by atoms with E-state index in [4.69, 9.17) is 23.2 Å². The molecule has 3 aromatic rings. The Morgan fingerprint density at radius 2 is 1.76 bits per heavy atom. The van der Waals surface area contributed by atoms with E-state index in [1.54, 1.807) is 23.1 Å². The van der Waals surface area contributed by atoms with Gasteiger partial charge in [0, 0.05) is 35.2 Å². The number of carbonyl (C=O) groups is 2. The van der Waals surface area contributed by atoms with Gasteiger partial charge in [0.25, 0.3) is 11.8 Å². The first kappa shape index (κ1) is 23.4. The molecular weight excluding hydrogens is 489 g/mol. The molecule has 2 aromatic carbocycles. The first-order valence-corrected chi connectivity index (χ1v) is 13.1. The van der Waals surface area contributed by atoms with Crippen molar-refractivity contribution in [2.24, 2.45) is 0 Å². The Morgan fingerprint density at radius 3 is 2.50 bits per heavy atom. The van der Waals surface area contributed by atoms with Crippen LogP contribution in [0.15, 0.2) is 48.5 Å². The van der Waals surface area contributed by atoms with Crippen LogP contribution in [-0.2, 0) is 6.42 Å². The van der Waals surface area contributed by atoms with E-state index in [1.165, 1.54) is 24.2 Å². The average molecular weight is 514 g/mol. The number of amides is 2. The summed E-state index contributed by atoms with van der Waals surface area (Å²) in [6, 6.07) is 15.0. The van der Waals surface area contributed by atoms with E-state index in [2.05, 4.69) is 16.3 Å². The summed E-state index contributed by atoms with van der Waals surface area (Å²) in [7, 11) is 0. The monoisotopic (exact) mass is 513 g/mol. The van der Waals surface area contributed by atoms with Gasteiger partial charge in [0.2, 0.25) is 0 Å². The lowest BCUT2D eigenvalue weighted by atomic mass is 10.0. The van der Waals surface area contributed by atoms with Gasteiger partial charge in [-0.15, -0.1) is 11.3 Å². The van der Waals surface area contributed by atoms with E-state index in [-0.39, 0.29) is 11.8 Å². The maximum Gasteiger partial charge on any atom is 0.268 e. The van der Waals surface area contributed by atoms with Gasteiger partial charge in [-0.2, -0.15) is 0 Å². The fourth-order valence-electron chi connectivity index (χ4n) is 4.54. The Labute approximate surface area is 213 Å². The third-order valence-electron chi connectivity index (χ3n) is 6.40. The highest BCUT2D eigenvalue weighted by Gasteiger charge is 2.29. The molecule has 1 N–H and O–H groups in total. The van der Waals surface area contributed by atoms with Crippen LogP contribution >= 0.6 is 34.5 Å². The van der Waals surface area contributed by atoms with Crippen LogP contribution in [0.3, 0.4) is 0 Å². The molecule has 0 atom stereocenters. The molecule has 2 aliphatic rings. The number of carbonyl (C=O) groups excluding carboxylic acids is 2. The van der Waals surface area contributed by atoms with Crippen LogP contribution in [0.5, 0.6) is 0 Å². The molecule has 0 unspecified atom stereocenters. The van der Waals surface area contributed by atoms with Crippen LogP contribution in [-0.4, -0.2) is 49.4 Å². The van der Waals surface area contributed by atoms with Gasteiger partial charge in [-0.3, -0.25) is 9.59 Å². The van der Waals surface area contributed by atoms with Crippen LogP contribution in [0.25, 0.3) is 10.4 Å². The fourth-order valence-corrected chi connectivity index (χ4v) is 6.09. The molecule has 3 heterocycles. The highest BCUT2D eigenvalue weighted by Crippen LogP contribution is 2.37. The van der Waals surface area contributed by atoms with Crippen LogP contribution in [0.4, 0.5) is 5.69 Å². The summed E-state index contributed by atoms with van der Waals surface area (Å²) in [5, 5.41) is 3.99. The van der Waals surface area contributed by atoms with Gasteiger partial charge >= 0.3 is 0 Å². The average Bonchev–Trinajstić information content (AvgIpc) is 3.50. The minimum atomic E-state index is -0.186. The maximum atomic E-state index is 13.3. The summed E-state index contributed by atoms with van der Waals surface area (Å²) in [6.07, 6.45) is 3.22. The van der Waals surface area contributed by atoms with Crippen LogP contribution in [0.1, 0.15) is 38.4 Å². The second-order valence-electron chi connectivity index (χ2n) is 8.65. The number of halogens is 2. The minimum absolute atomic E-state index is 0.0367. The van der Waals surface area contributed by atoms with Gasteiger partial charge in [0.15, 0.2) is 0 Å². The summed E-state index contributed by atoms with van der Waals surface area (Å²) >= 11 is 14.0. The Bertz CT molecular complexity index is 1220. The summed E-state index contributed by atoms with van der Waals surface area (Å²) in [5.74, 6) is -0.223. The molecule has 2 amide bonds. The van der Waals surface area contributed by atoms with Gasteiger partial charge in [0.05, 0.1) is 15.5 Å². The van der Waals surface area contributed by atoms with Crippen molar-refractivity contribution in [3.05, 3.63) is 74.6 Å². The number of thiophene rings is 1. The van der Waals surface area contributed by atoms with Gasteiger partial charge < -0.3 is 15.1 Å². The summed E-state index contributed by atoms with van der Waals surface area (Å²) < 4.78 is 0. The lowest BCUT2D eigenvalue weighted by Crippen LogP contribution is -2.36. The molecule has 1 aromatic heterocycles. The zero-order chi connectivity index (χ0) is 23.7. The zero-order valence-electron chi connectivity index (χ0n) is 18.7. The molecule has 1 saturated heterocycles. The number of hydrogen-bond donors (Lipinski definition) is 1. The molecule has 2 aliphatic heterocycles. The van der Waals surface area contributed by atoms with Crippen molar-refractivity contribution in [2.75, 3.05) is 37.6 Å². The van der Waals surface area contributed by atoms with Crippen LogP contribution < -0.4 is 10.2 Å². The third kappa shape index (κ3) is 4.86. The first-order valence-electron chi connectivity index (χ1n) is 11.5. The Kier molecular flexibility index (Phi) is 6.93. The number of benzene rings is 2. The van der Waals surface area contributed by atoms with Crippen molar-refractivity contribution in [3.8, 4) is 10.4 Å². The molecule has 0 saturated carbocycles. The van der Waals surface area contributed by atoms with Gasteiger partial charge in [-0.25, -0.2) is 0 Å². The van der Waals surface area contributed by atoms with Crippen molar-refractivity contribution in [1.82, 2.24) is 10.2 Å². The first-order chi connectivity index (χ1) is 16.5. The standard InChI is InChI=1S/C26H25Cl2N3O2S/c27-19-5-3-17(4-6-19)23-15-18-9-13-31(26(33)24(18)34-23)20-7-8-21(22(28)16-20)25(32)29-10-14-30-11-1-2-12-30/h3-8,15-16H,1-2,9-14H2,(H,29,32). The third-order valence-corrected chi connectivity index (χ3v) is 8.18. The number of fused-ring (bicyclic) bond motifs is 1. The van der Waals surface area contributed by atoms with Crippen LogP contribution in [0.2, 0.25) is 10.0 Å². The topological polar surface area (TPSA) is 52.7 Å². The molecule has 0 radical (unpaired) electrons. The molecule has 8 heteroatoms. The second-order valence-corrected chi connectivity index (χ2v) is 10.5. The Morgan fingerprint density at radius 1 is 1.00 bits per heavy atom. The molecule has 176 valence electrons. The highest BCUT2D eigenvalue weighted by molar-refractivity contribution is 7.17. The van der Waals surface area contributed by atoms with Crippen molar-refractivity contribution in [3.63, 3.8) is 0 Å². The second kappa shape index (κ2) is 10.1. The number of nitrogens with one attached hydrogen (secondary N) is 1. The number of nitrogens with zero attached hydrogens (tertiary/aromatic N) is 2. The molecule has 1 fully saturated rings. The molecule has 5 nitrogen and oxygen atoms in total. The number of rotatable bonds is 6. The Hall–Kier alpha value is -2.38.